The van der Waals surface area contributed by atoms with Crippen LogP contribution in [0.25, 0.3) is 0 Å². The van der Waals surface area contributed by atoms with E-state index in [-0.39, 0.29) is 23.5 Å². The lowest BCUT2D eigenvalue weighted by Gasteiger charge is -2.54. The number of hydrogen-bond acceptors (Lipinski definition) is 2. The van der Waals surface area contributed by atoms with E-state index in [0.717, 1.165) is 31.3 Å². The standard InChI is InChI=1S/C15H26O2/c1-9(2)11-7-8-15(4)12(16)6-5-10(3)13(15)14(11)17/h9,11-14,16-17H,3,5-8H2,1-2,4H3/t11-,12+,13-,14+,15-/m1/s1. The number of fused-ring (bicyclic) bond motifs is 1. The van der Waals surface area contributed by atoms with E-state index in [2.05, 4.69) is 27.4 Å². The topological polar surface area (TPSA) is 40.5 Å². The summed E-state index contributed by atoms with van der Waals surface area (Å²) in [6, 6.07) is 0. The van der Waals surface area contributed by atoms with Gasteiger partial charge in [0.1, 0.15) is 0 Å². The van der Waals surface area contributed by atoms with Crippen molar-refractivity contribution in [2.45, 2.75) is 58.7 Å². The van der Waals surface area contributed by atoms with Gasteiger partial charge in [0.2, 0.25) is 0 Å². The molecule has 0 amide bonds. The summed E-state index contributed by atoms with van der Waals surface area (Å²) in [5.41, 5.74) is 0.996. The van der Waals surface area contributed by atoms with Crippen LogP contribution >= 0.6 is 0 Å². The maximum atomic E-state index is 10.6. The molecule has 2 aliphatic rings. The van der Waals surface area contributed by atoms with Crippen molar-refractivity contribution in [2.24, 2.45) is 23.2 Å². The average molecular weight is 238 g/mol. The highest BCUT2D eigenvalue weighted by atomic mass is 16.3. The Morgan fingerprint density at radius 1 is 1.29 bits per heavy atom. The number of rotatable bonds is 1. The SMILES string of the molecule is C=C1CC[C@H](O)[C@@]2(C)CC[C@H](C(C)C)[C@H](O)[C@@H]12. The van der Waals surface area contributed by atoms with Gasteiger partial charge in [-0.1, -0.05) is 32.9 Å². The van der Waals surface area contributed by atoms with Gasteiger partial charge in [0, 0.05) is 11.3 Å². The highest BCUT2D eigenvalue weighted by molar-refractivity contribution is 5.17. The molecular weight excluding hydrogens is 212 g/mol. The van der Waals surface area contributed by atoms with Gasteiger partial charge in [-0.05, 0) is 37.5 Å². The zero-order valence-corrected chi connectivity index (χ0v) is 11.3. The summed E-state index contributed by atoms with van der Waals surface area (Å²) in [6.45, 7) is 10.6. The van der Waals surface area contributed by atoms with Gasteiger partial charge in [0.05, 0.1) is 12.2 Å². The Morgan fingerprint density at radius 2 is 1.94 bits per heavy atom. The van der Waals surface area contributed by atoms with E-state index in [1.165, 1.54) is 0 Å². The van der Waals surface area contributed by atoms with Crippen LogP contribution in [0.5, 0.6) is 0 Å². The van der Waals surface area contributed by atoms with Crippen molar-refractivity contribution in [3.63, 3.8) is 0 Å². The van der Waals surface area contributed by atoms with Crippen molar-refractivity contribution in [1.29, 1.82) is 0 Å². The lowest BCUT2D eigenvalue weighted by molar-refractivity contribution is -0.120. The minimum atomic E-state index is -0.323. The molecule has 2 fully saturated rings. The summed E-state index contributed by atoms with van der Waals surface area (Å²) in [5.74, 6) is 0.948. The predicted molar refractivity (Wildman–Crippen MR) is 69.5 cm³/mol. The van der Waals surface area contributed by atoms with E-state index in [9.17, 15) is 10.2 Å². The molecular formula is C15H26O2. The van der Waals surface area contributed by atoms with E-state index < -0.39 is 0 Å². The van der Waals surface area contributed by atoms with Crippen molar-refractivity contribution < 1.29 is 10.2 Å². The molecule has 0 aromatic heterocycles. The molecule has 2 aliphatic carbocycles. The molecule has 0 aromatic rings. The normalized spacial score (nSPS) is 47.1. The van der Waals surface area contributed by atoms with Crippen molar-refractivity contribution >= 4 is 0 Å². The number of aliphatic hydroxyl groups excluding tert-OH is 2. The summed E-state index contributed by atoms with van der Waals surface area (Å²) >= 11 is 0. The maximum Gasteiger partial charge on any atom is 0.0642 e. The van der Waals surface area contributed by atoms with Gasteiger partial charge < -0.3 is 10.2 Å². The van der Waals surface area contributed by atoms with Gasteiger partial charge in [0.25, 0.3) is 0 Å². The zero-order chi connectivity index (χ0) is 12.8. The van der Waals surface area contributed by atoms with Crippen molar-refractivity contribution in [3.8, 4) is 0 Å². The second-order valence-corrected chi connectivity index (χ2v) is 6.63. The Labute approximate surface area is 105 Å². The van der Waals surface area contributed by atoms with E-state index in [1.54, 1.807) is 0 Å². The van der Waals surface area contributed by atoms with Crippen LogP contribution < -0.4 is 0 Å². The molecule has 2 N–H and O–H groups in total. The largest absolute Gasteiger partial charge is 0.393 e. The fourth-order valence-corrected chi connectivity index (χ4v) is 4.06. The van der Waals surface area contributed by atoms with Gasteiger partial charge in [-0.3, -0.25) is 0 Å². The van der Waals surface area contributed by atoms with Crippen LogP contribution in [0.4, 0.5) is 0 Å². The van der Waals surface area contributed by atoms with E-state index in [1.807, 2.05) is 0 Å². The lowest BCUT2D eigenvalue weighted by Crippen LogP contribution is -2.54. The summed E-state index contributed by atoms with van der Waals surface area (Å²) < 4.78 is 0. The molecule has 98 valence electrons. The first-order valence-corrected chi connectivity index (χ1v) is 6.91. The second-order valence-electron chi connectivity index (χ2n) is 6.63. The van der Waals surface area contributed by atoms with Crippen LogP contribution in [0.3, 0.4) is 0 Å². The molecule has 17 heavy (non-hydrogen) atoms. The molecule has 2 rings (SSSR count). The molecule has 0 radical (unpaired) electrons. The minimum absolute atomic E-state index is 0.0902. The Kier molecular flexibility index (Phi) is 3.39. The Bertz CT molecular complexity index is 310. The van der Waals surface area contributed by atoms with E-state index in [4.69, 9.17) is 0 Å². The molecule has 2 nitrogen and oxygen atoms in total. The van der Waals surface area contributed by atoms with E-state index in [0.29, 0.717) is 11.8 Å². The Morgan fingerprint density at radius 3 is 2.53 bits per heavy atom. The average Bonchev–Trinajstić information content (AvgIpc) is 2.23. The minimum Gasteiger partial charge on any atom is -0.393 e. The predicted octanol–water partition coefficient (Wildman–Crippen LogP) is 2.75. The van der Waals surface area contributed by atoms with Gasteiger partial charge >= 0.3 is 0 Å². The maximum absolute atomic E-state index is 10.6. The highest BCUT2D eigenvalue weighted by Gasteiger charge is 2.52. The lowest BCUT2D eigenvalue weighted by atomic mass is 9.53. The van der Waals surface area contributed by atoms with Crippen LogP contribution in [0, 0.1) is 23.2 Å². The quantitative estimate of drug-likeness (QED) is 0.690. The first-order chi connectivity index (χ1) is 7.88. The molecule has 0 aromatic carbocycles. The monoisotopic (exact) mass is 238 g/mol. The fraction of sp³-hybridized carbons (Fsp3) is 0.867. The molecule has 2 saturated carbocycles. The van der Waals surface area contributed by atoms with Crippen molar-refractivity contribution in [2.75, 3.05) is 0 Å². The third-order valence-corrected chi connectivity index (χ3v) is 5.30. The molecule has 0 unspecified atom stereocenters. The van der Waals surface area contributed by atoms with Gasteiger partial charge in [0.15, 0.2) is 0 Å². The fourth-order valence-electron chi connectivity index (χ4n) is 4.06. The molecule has 0 aliphatic heterocycles. The van der Waals surface area contributed by atoms with Crippen LogP contribution in [0.2, 0.25) is 0 Å². The Hall–Kier alpha value is -0.340. The van der Waals surface area contributed by atoms with Crippen molar-refractivity contribution in [3.05, 3.63) is 12.2 Å². The second kappa shape index (κ2) is 4.40. The summed E-state index contributed by atoms with van der Waals surface area (Å²) in [5, 5.41) is 20.9. The molecule has 0 heterocycles. The summed E-state index contributed by atoms with van der Waals surface area (Å²) in [4.78, 5) is 0. The van der Waals surface area contributed by atoms with Crippen molar-refractivity contribution in [1.82, 2.24) is 0 Å². The molecule has 2 heteroatoms. The highest BCUT2D eigenvalue weighted by Crippen LogP contribution is 2.54. The smallest absolute Gasteiger partial charge is 0.0642 e. The van der Waals surface area contributed by atoms with Gasteiger partial charge in [-0.25, -0.2) is 0 Å². The first kappa shape index (κ1) is 13.1. The molecule has 0 spiro atoms. The van der Waals surface area contributed by atoms with E-state index >= 15 is 0 Å². The molecule has 5 atom stereocenters. The van der Waals surface area contributed by atoms with Crippen LogP contribution in [-0.4, -0.2) is 22.4 Å². The van der Waals surface area contributed by atoms with Crippen LogP contribution in [0.1, 0.15) is 46.5 Å². The third-order valence-electron chi connectivity index (χ3n) is 5.30. The van der Waals surface area contributed by atoms with Gasteiger partial charge in [-0.15, -0.1) is 0 Å². The summed E-state index contributed by atoms with van der Waals surface area (Å²) in [7, 11) is 0. The molecule has 0 bridgehead atoms. The Balaban J connectivity index is 2.29. The zero-order valence-electron chi connectivity index (χ0n) is 11.3. The number of aliphatic hydroxyl groups is 2. The van der Waals surface area contributed by atoms with Crippen LogP contribution in [-0.2, 0) is 0 Å². The van der Waals surface area contributed by atoms with Crippen LogP contribution in [0.15, 0.2) is 12.2 Å². The number of hydrogen-bond donors (Lipinski definition) is 2. The molecule has 0 saturated heterocycles. The summed E-state index contributed by atoms with van der Waals surface area (Å²) in [6.07, 6.45) is 3.11. The third kappa shape index (κ3) is 1.96. The first-order valence-electron chi connectivity index (χ1n) is 6.91. The van der Waals surface area contributed by atoms with Gasteiger partial charge in [-0.2, -0.15) is 0 Å².